The summed E-state index contributed by atoms with van der Waals surface area (Å²) < 4.78 is 33.4. The highest BCUT2D eigenvalue weighted by molar-refractivity contribution is 7.92. The van der Waals surface area contributed by atoms with Gasteiger partial charge in [0, 0.05) is 11.1 Å². The molecule has 0 aromatic heterocycles. The second kappa shape index (κ2) is 10.6. The molecule has 0 saturated carbocycles. The standard InChI is InChI=1S/C24H23N3O6S/c1-16-10-11-21(17(2)12-16)27-34(31,32)20-8-5-7-18(13-20)24(30)26-25-14-19-6-3-4-9-22(19)33-15-23(28)29/h3-14,27H,15H2,1-2H3,(H,26,30)(H,28,29). The molecule has 0 fully saturated rings. The number of benzene rings is 3. The number of carbonyl (C=O) groups excluding carboxylic acids is 1. The fourth-order valence-electron chi connectivity index (χ4n) is 3.02. The maximum atomic E-state index is 12.8. The molecule has 0 aliphatic heterocycles. The topological polar surface area (TPSA) is 134 Å². The minimum absolute atomic E-state index is 0.0727. The van der Waals surface area contributed by atoms with E-state index in [0.29, 0.717) is 11.3 Å². The van der Waals surface area contributed by atoms with Gasteiger partial charge in [0.15, 0.2) is 6.61 Å². The summed E-state index contributed by atoms with van der Waals surface area (Å²) in [6.45, 7) is 3.20. The molecular weight excluding hydrogens is 458 g/mol. The third kappa shape index (κ3) is 6.42. The van der Waals surface area contributed by atoms with Crippen LogP contribution >= 0.6 is 0 Å². The van der Waals surface area contributed by atoms with Gasteiger partial charge >= 0.3 is 5.97 Å². The highest BCUT2D eigenvalue weighted by atomic mass is 32.2. The lowest BCUT2D eigenvalue weighted by Crippen LogP contribution is -2.19. The molecule has 0 aliphatic rings. The van der Waals surface area contributed by atoms with Crippen LogP contribution in [-0.2, 0) is 14.8 Å². The maximum Gasteiger partial charge on any atom is 0.341 e. The smallest absolute Gasteiger partial charge is 0.341 e. The first kappa shape index (κ1) is 24.5. The molecule has 0 unspecified atom stereocenters. The average Bonchev–Trinajstić information content (AvgIpc) is 2.80. The molecule has 10 heteroatoms. The number of para-hydroxylation sites is 1. The Labute approximate surface area is 197 Å². The first-order valence-corrected chi connectivity index (χ1v) is 11.6. The normalized spacial score (nSPS) is 11.2. The molecule has 0 spiro atoms. The van der Waals surface area contributed by atoms with Crippen molar-refractivity contribution in [2.24, 2.45) is 5.10 Å². The van der Waals surface area contributed by atoms with Crippen LogP contribution in [0.15, 0.2) is 76.7 Å². The van der Waals surface area contributed by atoms with Crippen LogP contribution in [0.1, 0.15) is 27.0 Å². The molecule has 0 atom stereocenters. The van der Waals surface area contributed by atoms with Crippen LogP contribution in [0.4, 0.5) is 5.69 Å². The van der Waals surface area contributed by atoms with Crippen LogP contribution in [0.25, 0.3) is 0 Å². The Morgan fingerprint density at radius 2 is 1.79 bits per heavy atom. The number of anilines is 1. The molecular formula is C24H23N3O6S. The van der Waals surface area contributed by atoms with Crippen molar-refractivity contribution >= 4 is 33.8 Å². The van der Waals surface area contributed by atoms with Gasteiger partial charge in [-0.2, -0.15) is 5.10 Å². The molecule has 9 nitrogen and oxygen atoms in total. The molecule has 34 heavy (non-hydrogen) atoms. The number of carboxylic acids is 1. The first-order valence-electron chi connectivity index (χ1n) is 10.1. The number of aliphatic carboxylic acids is 1. The number of carboxylic acid groups (broad SMARTS) is 1. The van der Waals surface area contributed by atoms with Crippen molar-refractivity contribution in [2.75, 3.05) is 11.3 Å². The number of amides is 1. The Morgan fingerprint density at radius 3 is 2.53 bits per heavy atom. The zero-order chi connectivity index (χ0) is 24.7. The lowest BCUT2D eigenvalue weighted by Gasteiger charge is -2.12. The molecule has 3 aromatic carbocycles. The van der Waals surface area contributed by atoms with Crippen LogP contribution in [-0.4, -0.2) is 38.2 Å². The minimum Gasteiger partial charge on any atom is -0.481 e. The van der Waals surface area contributed by atoms with Crippen LogP contribution in [0.2, 0.25) is 0 Å². The fourth-order valence-corrected chi connectivity index (χ4v) is 4.20. The molecule has 3 N–H and O–H groups in total. The van der Waals surface area contributed by atoms with Crippen LogP contribution < -0.4 is 14.9 Å². The molecule has 0 saturated heterocycles. The summed E-state index contributed by atoms with van der Waals surface area (Å²) in [5.74, 6) is -1.46. The number of hydrazone groups is 1. The Kier molecular flexibility index (Phi) is 7.64. The fraction of sp³-hybridized carbons (Fsp3) is 0.125. The van der Waals surface area contributed by atoms with Gasteiger partial charge in [-0.15, -0.1) is 0 Å². The molecule has 0 bridgehead atoms. The highest BCUT2D eigenvalue weighted by Gasteiger charge is 2.17. The van der Waals surface area contributed by atoms with Gasteiger partial charge in [-0.05, 0) is 55.8 Å². The van der Waals surface area contributed by atoms with Crippen LogP contribution in [0.5, 0.6) is 5.75 Å². The van der Waals surface area contributed by atoms with Gasteiger partial charge in [-0.3, -0.25) is 9.52 Å². The highest BCUT2D eigenvalue weighted by Crippen LogP contribution is 2.21. The number of hydrogen-bond donors (Lipinski definition) is 3. The Bertz CT molecular complexity index is 1350. The lowest BCUT2D eigenvalue weighted by molar-refractivity contribution is -0.139. The number of rotatable bonds is 9. The summed E-state index contributed by atoms with van der Waals surface area (Å²) >= 11 is 0. The van der Waals surface area contributed by atoms with Crippen molar-refractivity contribution in [3.8, 4) is 5.75 Å². The SMILES string of the molecule is Cc1ccc(NS(=O)(=O)c2cccc(C(=O)NN=Cc3ccccc3OCC(=O)O)c2)c(C)c1. The summed E-state index contributed by atoms with van der Waals surface area (Å²) in [4.78, 5) is 23.2. The van der Waals surface area contributed by atoms with Crippen molar-refractivity contribution in [1.82, 2.24) is 5.43 Å². The first-order chi connectivity index (χ1) is 16.2. The van der Waals surface area contributed by atoms with Gasteiger partial charge < -0.3 is 9.84 Å². The van der Waals surface area contributed by atoms with E-state index < -0.39 is 28.5 Å². The summed E-state index contributed by atoms with van der Waals surface area (Å²) in [7, 11) is -3.92. The minimum atomic E-state index is -3.92. The predicted octanol–water partition coefficient (Wildman–Crippen LogP) is 3.33. The summed E-state index contributed by atoms with van der Waals surface area (Å²) in [5, 5.41) is 12.6. The number of carbonyl (C=O) groups is 2. The van der Waals surface area contributed by atoms with E-state index in [9.17, 15) is 18.0 Å². The molecule has 3 rings (SSSR count). The Morgan fingerprint density at radius 1 is 1.03 bits per heavy atom. The van der Waals surface area contributed by atoms with E-state index in [2.05, 4.69) is 15.2 Å². The van der Waals surface area contributed by atoms with E-state index in [1.807, 2.05) is 13.0 Å². The van der Waals surface area contributed by atoms with E-state index in [4.69, 9.17) is 9.84 Å². The van der Waals surface area contributed by atoms with Crippen molar-refractivity contribution in [3.05, 3.63) is 89.0 Å². The third-order valence-corrected chi connectivity index (χ3v) is 6.04. The third-order valence-electron chi connectivity index (χ3n) is 4.67. The second-order valence-corrected chi connectivity index (χ2v) is 9.05. The number of nitrogens with one attached hydrogen (secondary N) is 2. The van der Waals surface area contributed by atoms with Gasteiger partial charge in [-0.25, -0.2) is 18.6 Å². The van der Waals surface area contributed by atoms with Gasteiger partial charge in [-0.1, -0.05) is 35.9 Å². The quantitative estimate of drug-likeness (QED) is 0.317. The molecule has 0 radical (unpaired) electrons. The van der Waals surface area contributed by atoms with Crippen LogP contribution in [0.3, 0.4) is 0 Å². The summed E-state index contributed by atoms with van der Waals surface area (Å²) in [6, 6.07) is 17.5. The Hall–Kier alpha value is -4.18. The maximum absolute atomic E-state index is 12.8. The van der Waals surface area contributed by atoms with E-state index in [1.165, 1.54) is 30.5 Å². The molecule has 3 aromatic rings. The summed E-state index contributed by atoms with van der Waals surface area (Å²) in [5.41, 5.74) is 5.12. The van der Waals surface area contributed by atoms with E-state index in [1.54, 1.807) is 43.3 Å². The monoisotopic (exact) mass is 481 g/mol. The molecule has 1 amide bonds. The van der Waals surface area contributed by atoms with E-state index in [-0.39, 0.29) is 16.2 Å². The van der Waals surface area contributed by atoms with Crippen molar-refractivity contribution in [1.29, 1.82) is 0 Å². The van der Waals surface area contributed by atoms with Crippen LogP contribution in [0, 0.1) is 13.8 Å². The van der Waals surface area contributed by atoms with Crippen molar-refractivity contribution in [2.45, 2.75) is 18.7 Å². The lowest BCUT2D eigenvalue weighted by atomic mass is 10.1. The largest absolute Gasteiger partial charge is 0.481 e. The second-order valence-electron chi connectivity index (χ2n) is 7.37. The number of aryl methyl sites for hydroxylation is 2. The van der Waals surface area contributed by atoms with Crippen molar-refractivity contribution in [3.63, 3.8) is 0 Å². The zero-order valence-corrected chi connectivity index (χ0v) is 19.3. The molecule has 0 aliphatic carbocycles. The predicted molar refractivity (Wildman–Crippen MR) is 128 cm³/mol. The number of hydrogen-bond acceptors (Lipinski definition) is 6. The molecule has 0 heterocycles. The number of sulfonamides is 1. The summed E-state index contributed by atoms with van der Waals surface area (Å²) in [6.07, 6.45) is 1.30. The van der Waals surface area contributed by atoms with Crippen molar-refractivity contribution < 1.29 is 27.9 Å². The average molecular weight is 482 g/mol. The van der Waals surface area contributed by atoms with E-state index in [0.717, 1.165) is 11.1 Å². The van der Waals surface area contributed by atoms with Gasteiger partial charge in [0.2, 0.25) is 0 Å². The van der Waals surface area contributed by atoms with Gasteiger partial charge in [0.25, 0.3) is 15.9 Å². The van der Waals surface area contributed by atoms with Gasteiger partial charge in [0.1, 0.15) is 5.75 Å². The van der Waals surface area contributed by atoms with E-state index >= 15 is 0 Å². The number of nitrogens with zero attached hydrogens (tertiary/aromatic N) is 1. The van der Waals surface area contributed by atoms with Gasteiger partial charge in [0.05, 0.1) is 16.8 Å². The molecule has 176 valence electrons. The zero-order valence-electron chi connectivity index (χ0n) is 18.5. The number of ether oxygens (including phenoxy) is 1. The Balaban J connectivity index is 1.72.